The molecule has 0 radical (unpaired) electrons. The molecule has 148 valence electrons. The number of hydrogen-bond donors (Lipinski definition) is 2. The first-order chi connectivity index (χ1) is 13.7. The van der Waals surface area contributed by atoms with Gasteiger partial charge in [0.05, 0.1) is 29.7 Å². The number of carbonyl (C=O) groups excluding carboxylic acids is 1. The highest BCUT2D eigenvalue weighted by molar-refractivity contribution is 5.91. The maximum Gasteiger partial charge on any atom is 0.319 e. The number of imidazole rings is 1. The predicted octanol–water partition coefficient (Wildman–Crippen LogP) is 4.74. The van der Waals surface area contributed by atoms with E-state index in [-0.39, 0.29) is 6.03 Å². The van der Waals surface area contributed by atoms with Crippen molar-refractivity contribution in [1.29, 1.82) is 0 Å². The van der Waals surface area contributed by atoms with Gasteiger partial charge in [0.15, 0.2) is 0 Å². The number of hydrogen-bond acceptors (Lipinski definition) is 3. The van der Waals surface area contributed by atoms with E-state index in [4.69, 9.17) is 4.74 Å². The van der Waals surface area contributed by atoms with Gasteiger partial charge in [0.1, 0.15) is 5.75 Å². The van der Waals surface area contributed by atoms with Crippen molar-refractivity contribution < 1.29 is 9.53 Å². The highest BCUT2D eigenvalue weighted by atomic mass is 16.5. The van der Waals surface area contributed by atoms with Gasteiger partial charge in [-0.15, -0.1) is 0 Å². The second kappa shape index (κ2) is 9.78. The molecule has 2 amide bonds. The summed E-state index contributed by atoms with van der Waals surface area (Å²) in [7, 11) is 0. The summed E-state index contributed by atoms with van der Waals surface area (Å²) >= 11 is 0. The molecule has 0 bridgehead atoms. The molecule has 1 heterocycles. The quantitative estimate of drug-likeness (QED) is 0.527. The maximum absolute atomic E-state index is 12.1. The van der Waals surface area contributed by atoms with Crippen LogP contribution in [0.1, 0.15) is 31.7 Å². The summed E-state index contributed by atoms with van der Waals surface area (Å²) in [5.41, 5.74) is 3.83. The van der Waals surface area contributed by atoms with Gasteiger partial charge in [-0.05, 0) is 43.5 Å². The summed E-state index contributed by atoms with van der Waals surface area (Å²) in [6, 6.07) is 13.7. The standard InChI is InChI=1S/C22H28N4O2/c1-3-4-13-23-22(27)25-21-17(2)9-7-12-20(21)28-15-8-14-26-16-24-18-10-5-6-11-19(18)26/h5-7,9-12,16H,3-4,8,13-15H2,1-2H3,(H2,23,25,27). The number of unbranched alkanes of at least 4 members (excludes halogenated alkanes) is 1. The number of aryl methyl sites for hydroxylation is 2. The summed E-state index contributed by atoms with van der Waals surface area (Å²) in [4.78, 5) is 16.5. The molecule has 6 nitrogen and oxygen atoms in total. The number of fused-ring (bicyclic) bond motifs is 1. The van der Waals surface area contributed by atoms with Crippen LogP contribution < -0.4 is 15.4 Å². The minimum Gasteiger partial charge on any atom is -0.491 e. The Bertz CT molecular complexity index is 920. The van der Waals surface area contributed by atoms with E-state index in [0.717, 1.165) is 48.1 Å². The second-order valence-corrected chi connectivity index (χ2v) is 6.81. The normalized spacial score (nSPS) is 10.8. The lowest BCUT2D eigenvalue weighted by Gasteiger charge is -2.15. The molecular formula is C22H28N4O2. The van der Waals surface area contributed by atoms with E-state index < -0.39 is 0 Å². The molecule has 0 saturated heterocycles. The third-order valence-electron chi connectivity index (χ3n) is 4.62. The minimum absolute atomic E-state index is 0.197. The van der Waals surface area contributed by atoms with E-state index in [1.807, 2.05) is 49.6 Å². The van der Waals surface area contributed by atoms with Crippen molar-refractivity contribution in [1.82, 2.24) is 14.9 Å². The molecule has 0 aliphatic rings. The molecule has 0 aliphatic carbocycles. The van der Waals surface area contributed by atoms with Crippen molar-refractivity contribution in [3.63, 3.8) is 0 Å². The van der Waals surface area contributed by atoms with E-state index in [0.29, 0.717) is 18.9 Å². The van der Waals surface area contributed by atoms with Crippen LogP contribution in [0.25, 0.3) is 11.0 Å². The average Bonchev–Trinajstić information content (AvgIpc) is 3.11. The number of amides is 2. The van der Waals surface area contributed by atoms with Crippen LogP contribution in [-0.4, -0.2) is 28.7 Å². The Hall–Kier alpha value is -3.02. The molecule has 0 atom stereocenters. The van der Waals surface area contributed by atoms with Crippen molar-refractivity contribution in [3.8, 4) is 5.75 Å². The Balaban J connectivity index is 1.55. The van der Waals surface area contributed by atoms with E-state index >= 15 is 0 Å². The highest BCUT2D eigenvalue weighted by Gasteiger charge is 2.10. The lowest BCUT2D eigenvalue weighted by atomic mass is 10.2. The van der Waals surface area contributed by atoms with Gasteiger partial charge >= 0.3 is 6.03 Å². The first kappa shape index (κ1) is 19.7. The van der Waals surface area contributed by atoms with Crippen molar-refractivity contribution in [2.75, 3.05) is 18.5 Å². The van der Waals surface area contributed by atoms with E-state index in [1.54, 1.807) is 0 Å². The summed E-state index contributed by atoms with van der Waals surface area (Å²) < 4.78 is 8.11. The summed E-state index contributed by atoms with van der Waals surface area (Å²) in [6.07, 6.45) is 4.72. The number of carbonyl (C=O) groups is 1. The fourth-order valence-electron chi connectivity index (χ4n) is 3.06. The van der Waals surface area contributed by atoms with Gasteiger partial charge in [0.2, 0.25) is 0 Å². The third-order valence-corrected chi connectivity index (χ3v) is 4.62. The molecule has 2 N–H and O–H groups in total. The molecule has 0 aliphatic heterocycles. The monoisotopic (exact) mass is 380 g/mol. The zero-order valence-electron chi connectivity index (χ0n) is 16.6. The summed E-state index contributed by atoms with van der Waals surface area (Å²) in [6.45, 7) is 6.11. The Labute approximate surface area is 165 Å². The van der Waals surface area contributed by atoms with Crippen molar-refractivity contribution >= 4 is 22.8 Å². The topological polar surface area (TPSA) is 68.2 Å². The van der Waals surface area contributed by atoms with Crippen LogP contribution in [0, 0.1) is 6.92 Å². The Morgan fingerprint density at radius 1 is 1.14 bits per heavy atom. The van der Waals surface area contributed by atoms with Gasteiger partial charge in [0, 0.05) is 13.1 Å². The largest absolute Gasteiger partial charge is 0.491 e. The Kier molecular flexibility index (Phi) is 6.89. The number of para-hydroxylation sites is 3. The molecule has 28 heavy (non-hydrogen) atoms. The summed E-state index contributed by atoms with van der Waals surface area (Å²) in [5.74, 6) is 0.695. The van der Waals surface area contributed by atoms with Gasteiger partial charge in [-0.1, -0.05) is 37.6 Å². The fourth-order valence-corrected chi connectivity index (χ4v) is 3.06. The molecule has 3 aromatic rings. The van der Waals surface area contributed by atoms with Gasteiger partial charge in [-0.25, -0.2) is 9.78 Å². The van der Waals surface area contributed by atoms with Crippen LogP contribution in [-0.2, 0) is 6.54 Å². The molecule has 0 fully saturated rings. The molecule has 0 unspecified atom stereocenters. The van der Waals surface area contributed by atoms with Crippen molar-refractivity contribution in [2.24, 2.45) is 0 Å². The molecular weight excluding hydrogens is 352 g/mol. The number of nitrogens with one attached hydrogen (secondary N) is 2. The Morgan fingerprint density at radius 3 is 2.86 bits per heavy atom. The summed E-state index contributed by atoms with van der Waals surface area (Å²) in [5, 5.41) is 5.80. The van der Waals surface area contributed by atoms with Gasteiger partial charge in [-0.3, -0.25) is 0 Å². The molecule has 1 aromatic heterocycles. The van der Waals surface area contributed by atoms with Gasteiger partial charge in [0.25, 0.3) is 0 Å². The smallest absolute Gasteiger partial charge is 0.319 e. The maximum atomic E-state index is 12.1. The average molecular weight is 380 g/mol. The van der Waals surface area contributed by atoms with Crippen LogP contribution in [0.15, 0.2) is 48.8 Å². The number of benzene rings is 2. The predicted molar refractivity (Wildman–Crippen MR) is 113 cm³/mol. The molecule has 0 saturated carbocycles. The second-order valence-electron chi connectivity index (χ2n) is 6.81. The van der Waals surface area contributed by atoms with Crippen molar-refractivity contribution in [2.45, 2.75) is 39.7 Å². The SMILES string of the molecule is CCCCNC(=O)Nc1c(C)cccc1OCCCn1cnc2ccccc21. The van der Waals surface area contributed by atoms with Crippen LogP contribution >= 0.6 is 0 Å². The van der Waals surface area contributed by atoms with Crippen LogP contribution in [0.4, 0.5) is 10.5 Å². The number of anilines is 1. The van der Waals surface area contributed by atoms with Gasteiger partial charge in [-0.2, -0.15) is 0 Å². The third kappa shape index (κ3) is 5.03. The van der Waals surface area contributed by atoms with Crippen molar-refractivity contribution in [3.05, 3.63) is 54.4 Å². The lowest BCUT2D eigenvalue weighted by molar-refractivity contribution is 0.251. The zero-order valence-corrected chi connectivity index (χ0v) is 16.6. The van der Waals surface area contributed by atoms with E-state index in [2.05, 4.69) is 33.2 Å². The van der Waals surface area contributed by atoms with E-state index in [1.165, 1.54) is 0 Å². The highest BCUT2D eigenvalue weighted by Crippen LogP contribution is 2.28. The first-order valence-corrected chi connectivity index (χ1v) is 9.86. The number of ether oxygens (including phenoxy) is 1. The number of aromatic nitrogens is 2. The zero-order chi connectivity index (χ0) is 19.8. The van der Waals surface area contributed by atoms with Crippen LogP contribution in [0.5, 0.6) is 5.75 Å². The van der Waals surface area contributed by atoms with Gasteiger partial charge < -0.3 is 19.9 Å². The van der Waals surface area contributed by atoms with Crippen LogP contribution in [0.3, 0.4) is 0 Å². The number of urea groups is 1. The Morgan fingerprint density at radius 2 is 2.00 bits per heavy atom. The number of rotatable bonds is 9. The first-order valence-electron chi connectivity index (χ1n) is 9.86. The molecule has 0 spiro atoms. The minimum atomic E-state index is -0.197. The molecule has 3 rings (SSSR count). The molecule has 6 heteroatoms. The molecule has 2 aromatic carbocycles. The fraction of sp³-hybridized carbons (Fsp3) is 0.364. The van der Waals surface area contributed by atoms with Crippen LogP contribution in [0.2, 0.25) is 0 Å². The number of nitrogens with zero attached hydrogens (tertiary/aromatic N) is 2. The lowest BCUT2D eigenvalue weighted by Crippen LogP contribution is -2.30. The van der Waals surface area contributed by atoms with E-state index in [9.17, 15) is 4.79 Å².